The Morgan fingerprint density at radius 3 is 3.00 bits per heavy atom. The van der Waals surface area contributed by atoms with E-state index in [0.29, 0.717) is 0 Å². The van der Waals surface area contributed by atoms with Gasteiger partial charge in [0.05, 0.1) is 0 Å². The van der Waals surface area contributed by atoms with Crippen LogP contribution >= 0.6 is 17.1 Å². The molecule has 0 saturated carbocycles. The second kappa shape index (κ2) is 7.89. The Morgan fingerprint density at radius 1 is 1.75 bits per heavy atom. The van der Waals surface area contributed by atoms with Gasteiger partial charge in [-0.1, -0.05) is 0 Å². The van der Waals surface area contributed by atoms with E-state index in [-0.39, 0.29) is 34.3 Å². The molecule has 0 amide bonds. The van der Waals surface area contributed by atoms with E-state index >= 15 is 0 Å². The van der Waals surface area contributed by atoms with Crippen LogP contribution in [0.2, 0.25) is 0 Å². The van der Waals surface area contributed by atoms with Crippen molar-refractivity contribution in [2.75, 3.05) is 14.1 Å². The molecule has 0 spiro atoms. The molecule has 0 saturated heterocycles. The first-order chi connectivity index (χ1) is 3.91. The van der Waals surface area contributed by atoms with Crippen LogP contribution in [0.4, 0.5) is 0 Å². The van der Waals surface area contributed by atoms with Crippen LogP contribution in [0, 0.1) is 0 Å². The quantitative estimate of drug-likeness (QED) is 0.358. The molecule has 8 heavy (non-hydrogen) atoms. The molecule has 0 atom stereocenters. The van der Waals surface area contributed by atoms with E-state index in [0.717, 1.165) is 0 Å². The molecule has 0 aromatic heterocycles. The van der Waals surface area contributed by atoms with Crippen LogP contribution in [-0.2, 0) is 0 Å². The zero-order valence-electron chi connectivity index (χ0n) is 4.73. The monoisotopic (exact) mass is 340 g/mol. The SMILES string of the molecule is CN=C[I-]I=NNC. The summed E-state index contributed by atoms with van der Waals surface area (Å²) in [6, 6.07) is 0. The van der Waals surface area contributed by atoms with Crippen molar-refractivity contribution in [1.29, 1.82) is 0 Å². The summed E-state index contributed by atoms with van der Waals surface area (Å²) >= 11 is 0.300. The number of aliphatic imine (C=N–C) groups is 1. The molecular weight excluding hydrogens is 332 g/mol. The molecule has 0 bridgehead atoms. The first kappa shape index (κ1) is 8.89. The molecule has 0 unspecified atom stereocenters. The summed E-state index contributed by atoms with van der Waals surface area (Å²) in [5.74, 6) is 0. The normalized spacial score (nSPS) is 13.2. The first-order valence-corrected chi connectivity index (χ1v) is 10.5. The number of halogens is 2. The number of nitrogens with zero attached hydrogens (tertiary/aromatic N) is 2. The molecule has 3 nitrogen and oxygen atoms in total. The van der Waals surface area contributed by atoms with Crippen molar-refractivity contribution in [3.05, 3.63) is 0 Å². The molecule has 0 radical (unpaired) electrons. The third-order valence-corrected chi connectivity index (χ3v) is 5.98. The van der Waals surface area contributed by atoms with Crippen molar-refractivity contribution in [1.82, 2.24) is 5.43 Å². The molecule has 0 rings (SSSR count). The molecule has 0 fully saturated rings. The van der Waals surface area contributed by atoms with E-state index in [2.05, 4.69) is 13.7 Å². The number of nitrogens with one attached hydrogen (secondary N) is 1. The second-order valence-electron chi connectivity index (χ2n) is 0.810. The van der Waals surface area contributed by atoms with Gasteiger partial charge in [-0.15, -0.1) is 0 Å². The summed E-state index contributed by atoms with van der Waals surface area (Å²) < 4.78 is 6.03. The standard InChI is InChI=1S/C3H8I2N3/c1-6-3-4-5-8-7-2/h3,7H,1-2H3/q-1. The first-order valence-electron chi connectivity index (χ1n) is 1.96. The molecule has 5 heteroatoms. The number of rotatable bonds is 3. The van der Waals surface area contributed by atoms with Crippen molar-refractivity contribution in [3.63, 3.8) is 0 Å². The second-order valence-corrected chi connectivity index (χ2v) is 8.29. The Bertz CT molecular complexity index is 90.5. The van der Waals surface area contributed by atoms with Crippen LogP contribution in [0.25, 0.3) is 0 Å². The number of hydrogen-bond donors (Lipinski definition) is 1. The van der Waals surface area contributed by atoms with Gasteiger partial charge in [-0.3, -0.25) is 0 Å². The van der Waals surface area contributed by atoms with Gasteiger partial charge in [0.2, 0.25) is 0 Å². The topological polar surface area (TPSA) is 36.8 Å². The van der Waals surface area contributed by atoms with Gasteiger partial charge in [-0.25, -0.2) is 0 Å². The molecule has 0 aliphatic carbocycles. The maximum atomic E-state index is 4.03. The predicted octanol–water partition coefficient (Wildman–Crippen LogP) is -2.06. The van der Waals surface area contributed by atoms with E-state index in [1.54, 1.807) is 0 Å². The van der Waals surface area contributed by atoms with E-state index in [9.17, 15) is 0 Å². The zero-order valence-corrected chi connectivity index (χ0v) is 9.04. The van der Waals surface area contributed by atoms with E-state index in [1.807, 2.05) is 18.3 Å². The zero-order chi connectivity index (χ0) is 6.24. The van der Waals surface area contributed by atoms with Gasteiger partial charge < -0.3 is 0 Å². The van der Waals surface area contributed by atoms with Crippen LogP contribution in [-0.4, -0.2) is 18.3 Å². The van der Waals surface area contributed by atoms with Crippen molar-refractivity contribution in [2.45, 2.75) is 0 Å². The van der Waals surface area contributed by atoms with Gasteiger partial charge in [0.15, 0.2) is 0 Å². The van der Waals surface area contributed by atoms with E-state index in [4.69, 9.17) is 0 Å². The maximum absolute atomic E-state index is 4.03. The van der Waals surface area contributed by atoms with Crippen LogP contribution in [0.1, 0.15) is 0 Å². The Balaban J connectivity index is 3.03. The third-order valence-electron chi connectivity index (χ3n) is 0.288. The molecule has 50 valence electrons. The molecule has 0 heterocycles. The summed E-state index contributed by atoms with van der Waals surface area (Å²) in [7, 11) is 3.65. The Kier molecular flexibility index (Phi) is 8.77. The van der Waals surface area contributed by atoms with Crippen molar-refractivity contribution in [3.8, 4) is 0 Å². The van der Waals surface area contributed by atoms with Gasteiger partial charge in [-0.2, -0.15) is 0 Å². The summed E-state index contributed by atoms with van der Waals surface area (Å²) in [5.41, 5.74) is 2.77. The van der Waals surface area contributed by atoms with Crippen LogP contribution in [0.15, 0.2) is 8.25 Å². The fourth-order valence-electron chi connectivity index (χ4n) is 0.104. The minimum absolute atomic E-state index is 0.0930. The fraction of sp³-hybridized carbons (Fsp3) is 0.667. The van der Waals surface area contributed by atoms with Crippen LogP contribution < -0.4 is 22.7 Å². The average molecular weight is 340 g/mol. The molecule has 0 aliphatic heterocycles. The Labute approximate surface area is 65.8 Å². The van der Waals surface area contributed by atoms with Gasteiger partial charge in [0, 0.05) is 0 Å². The van der Waals surface area contributed by atoms with Crippen molar-refractivity contribution < 1.29 is 17.2 Å². The summed E-state index contributed by atoms with van der Waals surface area (Å²) in [5, 5.41) is 0. The molecule has 1 N–H and O–H groups in total. The van der Waals surface area contributed by atoms with Gasteiger partial charge in [0.25, 0.3) is 0 Å². The third kappa shape index (κ3) is 6.89. The fourth-order valence-corrected chi connectivity index (χ4v) is 4.67. The van der Waals surface area contributed by atoms with Crippen molar-refractivity contribution in [2.24, 2.45) is 8.25 Å². The minimum atomic E-state index is 0.0930. The molecule has 0 aliphatic rings. The van der Waals surface area contributed by atoms with Gasteiger partial charge in [-0.05, 0) is 0 Å². The van der Waals surface area contributed by atoms with E-state index < -0.39 is 0 Å². The average Bonchev–Trinajstić information content (AvgIpc) is 1.81. The Morgan fingerprint density at radius 2 is 2.50 bits per heavy atom. The summed E-state index contributed by atoms with van der Waals surface area (Å²) in [6.45, 7) is 0. The summed E-state index contributed by atoms with van der Waals surface area (Å²) in [4.78, 5) is 3.87. The van der Waals surface area contributed by atoms with Gasteiger partial charge in [0.1, 0.15) is 0 Å². The van der Waals surface area contributed by atoms with Gasteiger partial charge >= 0.3 is 66.3 Å². The van der Waals surface area contributed by atoms with Crippen molar-refractivity contribution >= 4 is 21.3 Å². The summed E-state index contributed by atoms with van der Waals surface area (Å²) in [6.07, 6.45) is 0. The molecular formula is C3H8I2N3-. The van der Waals surface area contributed by atoms with Crippen LogP contribution in [0.3, 0.4) is 0 Å². The van der Waals surface area contributed by atoms with Crippen LogP contribution in [0.5, 0.6) is 0 Å². The number of hydrogen-bond acceptors (Lipinski definition) is 3. The molecule has 0 aromatic rings. The predicted molar refractivity (Wildman–Crippen MR) is 39.9 cm³/mol. The van der Waals surface area contributed by atoms with E-state index in [1.165, 1.54) is 0 Å². The molecule has 0 aromatic carbocycles. The Hall–Kier alpha value is 0.890.